The van der Waals surface area contributed by atoms with Gasteiger partial charge in [0.05, 0.1) is 18.9 Å². The molecule has 3 heterocycles. The Morgan fingerprint density at radius 2 is 1.71 bits per heavy atom. The van der Waals surface area contributed by atoms with Crippen molar-refractivity contribution in [2.45, 2.75) is 26.2 Å². The van der Waals surface area contributed by atoms with Crippen molar-refractivity contribution in [1.29, 1.82) is 0 Å². The Labute approximate surface area is 183 Å². The number of hydrogen-bond acceptors (Lipinski definition) is 4. The van der Waals surface area contributed by atoms with Crippen molar-refractivity contribution in [2.75, 3.05) is 25.1 Å². The van der Waals surface area contributed by atoms with Gasteiger partial charge in [-0.2, -0.15) is 9.61 Å². The van der Waals surface area contributed by atoms with Crippen molar-refractivity contribution in [1.82, 2.24) is 14.6 Å². The molecular formula is C26H28N4O. The molecule has 0 aliphatic carbocycles. The predicted molar refractivity (Wildman–Crippen MR) is 125 cm³/mol. The third-order valence-electron chi connectivity index (χ3n) is 6.28. The van der Waals surface area contributed by atoms with E-state index < -0.39 is 0 Å². The first-order chi connectivity index (χ1) is 15.2. The molecule has 31 heavy (non-hydrogen) atoms. The zero-order valence-electron chi connectivity index (χ0n) is 18.2. The Hall–Kier alpha value is -3.34. The lowest BCUT2D eigenvalue weighted by Gasteiger charge is -2.33. The number of para-hydroxylation sites is 1. The van der Waals surface area contributed by atoms with Crippen LogP contribution in [0.25, 0.3) is 16.8 Å². The summed E-state index contributed by atoms with van der Waals surface area (Å²) in [6.07, 6.45) is 5.46. The number of aromatic nitrogens is 3. The van der Waals surface area contributed by atoms with Gasteiger partial charge >= 0.3 is 0 Å². The summed E-state index contributed by atoms with van der Waals surface area (Å²) in [6.45, 7) is 4.14. The van der Waals surface area contributed by atoms with Gasteiger partial charge in [0, 0.05) is 30.4 Å². The Kier molecular flexibility index (Phi) is 5.33. The highest BCUT2D eigenvalue weighted by atomic mass is 16.5. The van der Waals surface area contributed by atoms with E-state index in [1.165, 1.54) is 24.8 Å². The smallest absolute Gasteiger partial charge is 0.165 e. The predicted octanol–water partition coefficient (Wildman–Crippen LogP) is 5.17. The second-order valence-electron chi connectivity index (χ2n) is 8.37. The molecule has 5 heteroatoms. The number of anilines is 1. The van der Waals surface area contributed by atoms with Crippen LogP contribution in [0.1, 0.15) is 24.1 Å². The minimum Gasteiger partial charge on any atom is -0.496 e. The maximum absolute atomic E-state index is 5.58. The monoisotopic (exact) mass is 412 g/mol. The molecule has 1 aliphatic heterocycles. The summed E-state index contributed by atoms with van der Waals surface area (Å²) in [7, 11) is 1.70. The van der Waals surface area contributed by atoms with E-state index in [9.17, 15) is 0 Å². The first kappa shape index (κ1) is 19.6. The molecule has 2 aromatic heterocycles. The Morgan fingerprint density at radius 1 is 0.968 bits per heavy atom. The molecule has 0 bridgehead atoms. The highest BCUT2D eigenvalue weighted by Gasteiger charge is 2.23. The molecule has 1 aliphatic rings. The Bertz CT molecular complexity index is 1180. The first-order valence-corrected chi connectivity index (χ1v) is 11.0. The molecule has 0 spiro atoms. The quantitative estimate of drug-likeness (QED) is 0.453. The van der Waals surface area contributed by atoms with Crippen molar-refractivity contribution >= 4 is 11.5 Å². The Morgan fingerprint density at radius 3 is 2.48 bits per heavy atom. The van der Waals surface area contributed by atoms with E-state index in [0.717, 1.165) is 53.0 Å². The fourth-order valence-corrected chi connectivity index (χ4v) is 4.66. The van der Waals surface area contributed by atoms with Crippen LogP contribution in [0, 0.1) is 12.8 Å². The van der Waals surface area contributed by atoms with Crippen LogP contribution in [0.2, 0.25) is 0 Å². The van der Waals surface area contributed by atoms with Crippen LogP contribution in [0.15, 0.2) is 66.9 Å². The Balaban J connectivity index is 1.42. The van der Waals surface area contributed by atoms with Crippen LogP contribution in [-0.2, 0) is 6.42 Å². The summed E-state index contributed by atoms with van der Waals surface area (Å²) in [5.74, 6) is 2.70. The minimum absolute atomic E-state index is 0.735. The van der Waals surface area contributed by atoms with Gasteiger partial charge in [0.2, 0.25) is 0 Å². The van der Waals surface area contributed by atoms with Crippen LogP contribution in [-0.4, -0.2) is 34.8 Å². The summed E-state index contributed by atoms with van der Waals surface area (Å²) in [5.41, 5.74) is 5.35. The van der Waals surface area contributed by atoms with E-state index in [4.69, 9.17) is 14.8 Å². The van der Waals surface area contributed by atoms with Crippen LogP contribution in [0.5, 0.6) is 5.75 Å². The van der Waals surface area contributed by atoms with Gasteiger partial charge in [-0.15, -0.1) is 0 Å². The third-order valence-corrected chi connectivity index (χ3v) is 6.28. The molecule has 5 rings (SSSR count). The number of methoxy groups -OCH3 is 1. The van der Waals surface area contributed by atoms with E-state index in [-0.39, 0.29) is 0 Å². The number of aryl methyl sites for hydroxylation is 1. The van der Waals surface area contributed by atoms with Crippen molar-refractivity contribution < 1.29 is 4.74 Å². The van der Waals surface area contributed by atoms with Gasteiger partial charge in [0.25, 0.3) is 0 Å². The molecule has 5 nitrogen and oxygen atoms in total. The molecule has 1 saturated heterocycles. The third kappa shape index (κ3) is 3.88. The summed E-state index contributed by atoms with van der Waals surface area (Å²) in [5, 5.41) is 4.73. The SMILES string of the molecule is COc1ccccc1-c1cnn2c(N3CCC(Cc4ccccc4)CC3)cc(C)nc12. The van der Waals surface area contributed by atoms with Crippen molar-refractivity contribution in [3.05, 3.63) is 78.1 Å². The summed E-state index contributed by atoms with van der Waals surface area (Å²) >= 11 is 0. The van der Waals surface area contributed by atoms with E-state index >= 15 is 0 Å². The van der Waals surface area contributed by atoms with E-state index in [2.05, 4.69) is 54.3 Å². The fourth-order valence-electron chi connectivity index (χ4n) is 4.66. The number of hydrogen-bond donors (Lipinski definition) is 0. The molecule has 0 unspecified atom stereocenters. The average Bonchev–Trinajstić information content (AvgIpc) is 3.23. The number of nitrogens with zero attached hydrogens (tertiary/aromatic N) is 4. The normalized spacial score (nSPS) is 14.8. The molecule has 1 fully saturated rings. The highest BCUT2D eigenvalue weighted by molar-refractivity contribution is 5.82. The van der Waals surface area contributed by atoms with Crippen LogP contribution < -0.4 is 9.64 Å². The van der Waals surface area contributed by atoms with Crippen molar-refractivity contribution in [3.63, 3.8) is 0 Å². The van der Waals surface area contributed by atoms with Gasteiger partial charge in [-0.1, -0.05) is 48.5 Å². The van der Waals surface area contributed by atoms with Gasteiger partial charge < -0.3 is 9.64 Å². The maximum atomic E-state index is 5.58. The van der Waals surface area contributed by atoms with Gasteiger partial charge in [0.1, 0.15) is 11.6 Å². The lowest BCUT2D eigenvalue weighted by Crippen LogP contribution is -2.35. The number of benzene rings is 2. The van der Waals surface area contributed by atoms with E-state index in [1.807, 2.05) is 28.9 Å². The zero-order chi connectivity index (χ0) is 21.2. The molecule has 2 aromatic carbocycles. The second kappa shape index (κ2) is 8.42. The highest BCUT2D eigenvalue weighted by Crippen LogP contribution is 2.34. The second-order valence-corrected chi connectivity index (χ2v) is 8.37. The summed E-state index contributed by atoms with van der Waals surface area (Å²) in [6, 6.07) is 21.1. The number of rotatable bonds is 5. The lowest BCUT2D eigenvalue weighted by molar-refractivity contribution is 0.401. The van der Waals surface area contributed by atoms with Crippen molar-refractivity contribution in [2.24, 2.45) is 5.92 Å². The van der Waals surface area contributed by atoms with E-state index in [0.29, 0.717) is 0 Å². The first-order valence-electron chi connectivity index (χ1n) is 11.0. The number of piperidine rings is 1. The molecule has 0 amide bonds. The van der Waals surface area contributed by atoms with Crippen molar-refractivity contribution in [3.8, 4) is 16.9 Å². The summed E-state index contributed by atoms with van der Waals surface area (Å²) < 4.78 is 7.57. The molecule has 4 aromatic rings. The average molecular weight is 413 g/mol. The molecule has 0 N–H and O–H groups in total. The van der Waals surface area contributed by atoms with Crippen LogP contribution in [0.3, 0.4) is 0 Å². The lowest BCUT2D eigenvalue weighted by atomic mass is 9.90. The van der Waals surface area contributed by atoms with Gasteiger partial charge in [-0.3, -0.25) is 0 Å². The zero-order valence-corrected chi connectivity index (χ0v) is 18.2. The maximum Gasteiger partial charge on any atom is 0.165 e. The minimum atomic E-state index is 0.735. The fraction of sp³-hybridized carbons (Fsp3) is 0.308. The standard InChI is InChI=1S/C26H28N4O/c1-19-16-25(29-14-12-21(13-15-29)17-20-8-4-3-5-9-20)30-26(28-19)23(18-27-30)22-10-6-7-11-24(22)31-2/h3-11,16,18,21H,12-15,17H2,1-2H3. The molecule has 0 saturated carbocycles. The van der Waals surface area contributed by atoms with Gasteiger partial charge in [0.15, 0.2) is 5.65 Å². The molecule has 0 radical (unpaired) electrons. The molecule has 0 atom stereocenters. The van der Waals surface area contributed by atoms with Gasteiger partial charge in [-0.25, -0.2) is 4.98 Å². The largest absolute Gasteiger partial charge is 0.496 e. The summed E-state index contributed by atoms with van der Waals surface area (Å²) in [4.78, 5) is 7.29. The van der Waals surface area contributed by atoms with E-state index in [1.54, 1.807) is 7.11 Å². The molecular weight excluding hydrogens is 384 g/mol. The van der Waals surface area contributed by atoms with Crippen LogP contribution in [0.4, 0.5) is 5.82 Å². The molecule has 158 valence electrons. The van der Waals surface area contributed by atoms with Crippen LogP contribution >= 0.6 is 0 Å². The topological polar surface area (TPSA) is 42.7 Å². The number of fused-ring (bicyclic) bond motifs is 1. The number of ether oxygens (including phenoxy) is 1. The van der Waals surface area contributed by atoms with Gasteiger partial charge in [-0.05, 0) is 43.7 Å².